The molecule has 4 rings (SSSR count). The molecule has 1 fully saturated rings. The summed E-state index contributed by atoms with van der Waals surface area (Å²) < 4.78 is 1.06. The Balaban J connectivity index is 1.66. The molecule has 29 heavy (non-hydrogen) atoms. The molecule has 0 spiro atoms. The first-order valence-corrected chi connectivity index (χ1v) is 11.6. The van der Waals surface area contributed by atoms with Crippen molar-refractivity contribution in [2.24, 2.45) is 11.0 Å². The van der Waals surface area contributed by atoms with E-state index in [2.05, 4.69) is 57.6 Å². The monoisotopic (exact) mass is 490 g/mol. The number of hydrogen-bond acceptors (Lipinski definition) is 4. The lowest BCUT2D eigenvalue weighted by atomic mass is 9.91. The summed E-state index contributed by atoms with van der Waals surface area (Å²) in [6.45, 7) is 4.23. The van der Waals surface area contributed by atoms with Crippen LogP contribution in [0.25, 0.3) is 0 Å². The minimum atomic E-state index is 0.0269. The molecule has 7 heteroatoms. The maximum Gasteiger partial charge on any atom is 0.137 e. The molecule has 0 amide bonds. The minimum Gasteiger partial charge on any atom is -0.308 e. The van der Waals surface area contributed by atoms with Crippen LogP contribution in [0.4, 0.5) is 5.69 Å². The van der Waals surface area contributed by atoms with Gasteiger partial charge in [0.1, 0.15) is 10.7 Å². The number of para-hydroxylation sites is 1. The van der Waals surface area contributed by atoms with Gasteiger partial charge in [0.2, 0.25) is 0 Å². The Morgan fingerprint density at radius 3 is 2.48 bits per heavy atom. The number of benzene rings is 2. The molecule has 1 N–H and O–H groups in total. The second-order valence-corrected chi connectivity index (χ2v) is 9.29. The molecule has 2 aromatic carbocycles. The molecule has 0 bridgehead atoms. The van der Waals surface area contributed by atoms with E-state index in [0.717, 1.165) is 29.0 Å². The molecule has 2 atom stereocenters. The standard InChI is InChI=1S/C22H24BrClN4S/c1-15-20(22(29)26-27-13-5-2-6-14-27)25-28(19-8-4-3-7-18(19)24)21(15)16-9-11-17(23)12-10-16/h3-4,7-12,15,21H,2,5-6,13-14H2,1H3,(H,26,29)/t15-,21+/m0/s1. The number of hydrogen-bond donors (Lipinski definition) is 1. The number of nitrogens with zero attached hydrogens (tertiary/aromatic N) is 3. The van der Waals surface area contributed by atoms with E-state index in [4.69, 9.17) is 28.9 Å². The van der Waals surface area contributed by atoms with Crippen molar-refractivity contribution in [3.05, 3.63) is 63.6 Å². The molecule has 4 nitrogen and oxygen atoms in total. The Kier molecular flexibility index (Phi) is 6.54. The van der Waals surface area contributed by atoms with Gasteiger partial charge >= 0.3 is 0 Å². The highest BCUT2D eigenvalue weighted by Crippen LogP contribution is 2.42. The second-order valence-electron chi connectivity index (χ2n) is 7.55. The highest BCUT2D eigenvalue weighted by atomic mass is 79.9. The van der Waals surface area contributed by atoms with Gasteiger partial charge in [0.25, 0.3) is 0 Å². The van der Waals surface area contributed by atoms with Crippen LogP contribution in [0, 0.1) is 5.92 Å². The van der Waals surface area contributed by atoms with E-state index in [1.165, 1.54) is 24.8 Å². The van der Waals surface area contributed by atoms with Crippen molar-refractivity contribution < 1.29 is 0 Å². The third-order valence-corrected chi connectivity index (χ3v) is 6.69. The van der Waals surface area contributed by atoms with Gasteiger partial charge in [0, 0.05) is 23.5 Å². The molecule has 2 aromatic rings. The highest BCUT2D eigenvalue weighted by molar-refractivity contribution is 9.10. The molecular weight excluding hydrogens is 468 g/mol. The summed E-state index contributed by atoms with van der Waals surface area (Å²) >= 11 is 15.8. The van der Waals surface area contributed by atoms with Crippen LogP contribution in [0.5, 0.6) is 0 Å². The van der Waals surface area contributed by atoms with Crippen molar-refractivity contribution in [1.29, 1.82) is 0 Å². The first-order chi connectivity index (χ1) is 14.0. The fourth-order valence-electron chi connectivity index (χ4n) is 4.02. The van der Waals surface area contributed by atoms with E-state index in [9.17, 15) is 0 Å². The fraction of sp³-hybridized carbons (Fsp3) is 0.364. The van der Waals surface area contributed by atoms with Gasteiger partial charge in [-0.2, -0.15) is 5.10 Å². The first-order valence-electron chi connectivity index (χ1n) is 9.98. The number of hydrazine groups is 1. The van der Waals surface area contributed by atoms with E-state index in [0.29, 0.717) is 10.0 Å². The predicted octanol–water partition coefficient (Wildman–Crippen LogP) is 5.97. The average molecular weight is 492 g/mol. The molecule has 0 aromatic heterocycles. The first kappa shape index (κ1) is 20.8. The van der Waals surface area contributed by atoms with Gasteiger partial charge < -0.3 is 5.43 Å². The van der Waals surface area contributed by atoms with Crippen LogP contribution in [0.1, 0.15) is 37.8 Å². The molecule has 1 saturated heterocycles. The Morgan fingerprint density at radius 2 is 1.79 bits per heavy atom. The smallest absolute Gasteiger partial charge is 0.137 e. The Bertz CT molecular complexity index is 911. The Morgan fingerprint density at radius 1 is 1.10 bits per heavy atom. The van der Waals surface area contributed by atoms with Gasteiger partial charge in [-0.05, 0) is 42.7 Å². The van der Waals surface area contributed by atoms with Crippen LogP contribution in [-0.4, -0.2) is 28.8 Å². The van der Waals surface area contributed by atoms with Crippen molar-refractivity contribution >= 4 is 56.1 Å². The van der Waals surface area contributed by atoms with Gasteiger partial charge in [-0.1, -0.05) is 77.4 Å². The number of nitrogens with one attached hydrogen (secondary N) is 1. The zero-order chi connectivity index (χ0) is 20.4. The van der Waals surface area contributed by atoms with E-state index in [1.54, 1.807) is 0 Å². The molecule has 2 aliphatic heterocycles. The summed E-state index contributed by atoms with van der Waals surface area (Å²) in [4.78, 5) is 0.705. The molecule has 0 radical (unpaired) electrons. The number of anilines is 1. The van der Waals surface area contributed by atoms with E-state index < -0.39 is 0 Å². The summed E-state index contributed by atoms with van der Waals surface area (Å²) in [7, 11) is 0. The van der Waals surface area contributed by atoms with Crippen LogP contribution in [0.15, 0.2) is 58.1 Å². The van der Waals surface area contributed by atoms with Gasteiger partial charge in [-0.3, -0.25) is 5.01 Å². The Labute approximate surface area is 191 Å². The largest absolute Gasteiger partial charge is 0.308 e. The normalized spacial score (nSPS) is 22.4. The lowest BCUT2D eigenvalue weighted by Crippen LogP contribution is -2.47. The maximum atomic E-state index is 6.54. The second kappa shape index (κ2) is 9.13. The van der Waals surface area contributed by atoms with Gasteiger partial charge in [0.05, 0.1) is 16.8 Å². The van der Waals surface area contributed by atoms with E-state index >= 15 is 0 Å². The molecule has 0 aliphatic carbocycles. The Hall–Kier alpha value is -1.47. The van der Waals surface area contributed by atoms with Crippen molar-refractivity contribution in [2.45, 2.75) is 32.2 Å². The molecular formula is C22H24BrClN4S. The molecule has 0 unspecified atom stereocenters. The fourth-order valence-corrected chi connectivity index (χ4v) is 4.86. The third kappa shape index (κ3) is 4.50. The quantitative estimate of drug-likeness (QED) is 0.534. The van der Waals surface area contributed by atoms with Crippen LogP contribution in [0.2, 0.25) is 5.02 Å². The maximum absolute atomic E-state index is 6.54. The van der Waals surface area contributed by atoms with Crippen LogP contribution in [-0.2, 0) is 0 Å². The molecule has 0 saturated carbocycles. The number of thiocarbonyl (C=S) groups is 1. The summed E-state index contributed by atoms with van der Waals surface area (Å²) in [6, 6.07) is 16.3. The number of rotatable bonds is 4. The molecule has 2 aliphatic rings. The zero-order valence-electron chi connectivity index (χ0n) is 16.3. The minimum absolute atomic E-state index is 0.0269. The SMILES string of the molecule is C[C@H]1C(C(=S)NN2CCCCC2)=NN(c2ccccc2Cl)[C@H]1c1ccc(Br)cc1. The average Bonchev–Trinajstić information content (AvgIpc) is 3.07. The molecule has 152 valence electrons. The summed E-state index contributed by atoms with van der Waals surface area (Å²) in [5, 5.41) is 9.89. The number of piperidine rings is 1. The zero-order valence-corrected chi connectivity index (χ0v) is 19.5. The predicted molar refractivity (Wildman–Crippen MR) is 129 cm³/mol. The van der Waals surface area contributed by atoms with Crippen LogP contribution >= 0.6 is 39.7 Å². The van der Waals surface area contributed by atoms with Crippen molar-refractivity contribution in [1.82, 2.24) is 10.4 Å². The highest BCUT2D eigenvalue weighted by Gasteiger charge is 2.38. The van der Waals surface area contributed by atoms with E-state index in [-0.39, 0.29) is 12.0 Å². The van der Waals surface area contributed by atoms with Crippen LogP contribution in [0.3, 0.4) is 0 Å². The third-order valence-electron chi connectivity index (χ3n) is 5.54. The number of hydrazone groups is 1. The van der Waals surface area contributed by atoms with Crippen molar-refractivity contribution in [3.63, 3.8) is 0 Å². The van der Waals surface area contributed by atoms with E-state index in [1.807, 2.05) is 29.3 Å². The van der Waals surface area contributed by atoms with Gasteiger partial charge in [0.15, 0.2) is 0 Å². The summed E-state index contributed by atoms with van der Waals surface area (Å²) in [5.74, 6) is 0.122. The van der Waals surface area contributed by atoms with Gasteiger partial charge in [-0.25, -0.2) is 5.01 Å². The summed E-state index contributed by atoms with van der Waals surface area (Å²) in [5.41, 5.74) is 6.40. The summed E-state index contributed by atoms with van der Waals surface area (Å²) in [6.07, 6.45) is 3.68. The molecule has 2 heterocycles. The van der Waals surface area contributed by atoms with Crippen molar-refractivity contribution in [2.75, 3.05) is 18.1 Å². The lowest BCUT2D eigenvalue weighted by molar-refractivity contribution is 0.197. The van der Waals surface area contributed by atoms with Crippen LogP contribution < -0.4 is 10.4 Å². The topological polar surface area (TPSA) is 30.9 Å². The number of halogens is 2. The van der Waals surface area contributed by atoms with Gasteiger partial charge in [-0.15, -0.1) is 0 Å². The lowest BCUT2D eigenvalue weighted by Gasteiger charge is -2.29. The van der Waals surface area contributed by atoms with Crippen molar-refractivity contribution in [3.8, 4) is 0 Å².